The van der Waals surface area contributed by atoms with Crippen molar-refractivity contribution in [3.8, 4) is 0 Å². The first-order valence-electron chi connectivity index (χ1n) is 4.70. The topological polar surface area (TPSA) is 40.5 Å². The normalized spacial score (nSPS) is 17.4. The molecule has 78 valence electrons. The van der Waals surface area contributed by atoms with Crippen molar-refractivity contribution < 1.29 is 9.90 Å². The molecule has 1 aliphatic rings. The van der Waals surface area contributed by atoms with Crippen molar-refractivity contribution in [1.29, 1.82) is 0 Å². The quantitative estimate of drug-likeness (QED) is 0.703. The highest BCUT2D eigenvalue weighted by Gasteiger charge is 2.05. The molecule has 0 radical (unpaired) electrons. The average Bonchev–Trinajstić information content (AvgIpc) is 2.20. The molecule has 1 fully saturated rings. The molecule has 0 bridgehead atoms. The number of likely N-dealkylation sites (tertiary alicyclic amines) is 1. The largest absolute Gasteiger partial charge is 0.480 e. The lowest BCUT2D eigenvalue weighted by Gasteiger charge is -2.24. The van der Waals surface area contributed by atoms with Gasteiger partial charge in [0, 0.05) is 0 Å². The van der Waals surface area contributed by atoms with Crippen LogP contribution in [0.4, 0.5) is 0 Å². The zero-order valence-corrected chi connectivity index (χ0v) is 8.89. The summed E-state index contributed by atoms with van der Waals surface area (Å²) in [5.41, 5.74) is 0. The SMILES string of the molecule is CCN1CCCCC1.O=C(O)CCl. The summed E-state index contributed by atoms with van der Waals surface area (Å²) in [6.07, 6.45) is 4.30. The van der Waals surface area contributed by atoms with E-state index in [0.29, 0.717) is 0 Å². The van der Waals surface area contributed by atoms with Gasteiger partial charge in [0.2, 0.25) is 0 Å². The number of aliphatic carboxylic acids is 1. The Balaban J connectivity index is 0.000000252. The second kappa shape index (κ2) is 8.32. The fraction of sp³-hybridized carbons (Fsp3) is 0.889. The number of hydrogen-bond acceptors (Lipinski definition) is 2. The Bertz CT molecular complexity index is 136. The van der Waals surface area contributed by atoms with Gasteiger partial charge in [-0.1, -0.05) is 13.3 Å². The van der Waals surface area contributed by atoms with Gasteiger partial charge in [-0.25, -0.2) is 0 Å². The van der Waals surface area contributed by atoms with Gasteiger partial charge in [-0.2, -0.15) is 0 Å². The third-order valence-electron chi connectivity index (χ3n) is 2.01. The van der Waals surface area contributed by atoms with E-state index >= 15 is 0 Å². The van der Waals surface area contributed by atoms with E-state index in [2.05, 4.69) is 11.8 Å². The summed E-state index contributed by atoms with van der Waals surface area (Å²) in [6, 6.07) is 0. The molecule has 0 aromatic carbocycles. The van der Waals surface area contributed by atoms with Gasteiger partial charge in [0.15, 0.2) is 0 Å². The van der Waals surface area contributed by atoms with E-state index in [0.717, 1.165) is 0 Å². The molecule has 0 atom stereocenters. The van der Waals surface area contributed by atoms with Gasteiger partial charge < -0.3 is 10.0 Å². The van der Waals surface area contributed by atoms with Crippen LogP contribution in [-0.2, 0) is 4.79 Å². The Morgan fingerprint density at radius 2 is 1.85 bits per heavy atom. The average molecular weight is 208 g/mol. The number of alkyl halides is 1. The van der Waals surface area contributed by atoms with Crippen molar-refractivity contribution in [2.24, 2.45) is 0 Å². The van der Waals surface area contributed by atoms with Crippen LogP contribution in [0.3, 0.4) is 0 Å². The van der Waals surface area contributed by atoms with Crippen LogP contribution in [0.5, 0.6) is 0 Å². The van der Waals surface area contributed by atoms with Gasteiger partial charge in [0.1, 0.15) is 5.88 Å². The van der Waals surface area contributed by atoms with Crippen LogP contribution in [0.2, 0.25) is 0 Å². The van der Waals surface area contributed by atoms with Crippen LogP contribution in [0.1, 0.15) is 26.2 Å². The molecule has 1 aliphatic heterocycles. The van der Waals surface area contributed by atoms with Crippen LogP contribution in [0.25, 0.3) is 0 Å². The summed E-state index contributed by atoms with van der Waals surface area (Å²) in [7, 11) is 0. The number of piperidine rings is 1. The summed E-state index contributed by atoms with van der Waals surface area (Å²) in [5, 5.41) is 7.59. The highest BCUT2D eigenvalue weighted by Crippen LogP contribution is 2.06. The molecule has 4 heteroatoms. The Labute approximate surface area is 84.7 Å². The van der Waals surface area contributed by atoms with E-state index in [1.165, 1.54) is 38.9 Å². The lowest BCUT2D eigenvalue weighted by Crippen LogP contribution is -2.29. The highest BCUT2D eigenvalue weighted by atomic mass is 35.5. The first-order valence-corrected chi connectivity index (χ1v) is 5.24. The minimum Gasteiger partial charge on any atom is -0.480 e. The smallest absolute Gasteiger partial charge is 0.318 e. The molecule has 3 nitrogen and oxygen atoms in total. The van der Waals surface area contributed by atoms with E-state index in [1.54, 1.807) is 0 Å². The molecule has 0 spiro atoms. The monoisotopic (exact) mass is 207 g/mol. The first kappa shape index (κ1) is 12.7. The van der Waals surface area contributed by atoms with Gasteiger partial charge in [-0.05, 0) is 32.5 Å². The maximum Gasteiger partial charge on any atom is 0.318 e. The van der Waals surface area contributed by atoms with Crippen molar-refractivity contribution >= 4 is 17.6 Å². The number of halogens is 1. The fourth-order valence-corrected chi connectivity index (χ4v) is 1.28. The highest BCUT2D eigenvalue weighted by molar-refractivity contribution is 6.26. The van der Waals surface area contributed by atoms with Gasteiger partial charge in [0.25, 0.3) is 0 Å². The van der Waals surface area contributed by atoms with Crippen molar-refractivity contribution in [1.82, 2.24) is 4.90 Å². The van der Waals surface area contributed by atoms with Crippen LogP contribution < -0.4 is 0 Å². The van der Waals surface area contributed by atoms with Gasteiger partial charge in [-0.15, -0.1) is 11.6 Å². The van der Waals surface area contributed by atoms with E-state index in [4.69, 9.17) is 16.7 Å². The standard InChI is InChI=1S/C7H15N.C2H3ClO2/c1-2-8-6-4-3-5-7-8;3-1-2(4)5/h2-7H2,1H3;1H2,(H,4,5). The molecule has 1 N–H and O–H groups in total. The van der Waals surface area contributed by atoms with Crippen molar-refractivity contribution in [2.45, 2.75) is 26.2 Å². The first-order chi connectivity index (χ1) is 6.20. The van der Waals surface area contributed by atoms with E-state index < -0.39 is 5.97 Å². The van der Waals surface area contributed by atoms with Gasteiger partial charge >= 0.3 is 5.97 Å². The van der Waals surface area contributed by atoms with Crippen molar-refractivity contribution in [3.05, 3.63) is 0 Å². The molecule has 0 unspecified atom stereocenters. The minimum absolute atomic E-state index is 0.306. The predicted octanol–water partition coefficient (Wildman–Crippen LogP) is 1.80. The molecule has 0 aliphatic carbocycles. The van der Waals surface area contributed by atoms with Crippen molar-refractivity contribution in [3.63, 3.8) is 0 Å². The third kappa shape index (κ3) is 8.06. The van der Waals surface area contributed by atoms with Crippen molar-refractivity contribution in [2.75, 3.05) is 25.5 Å². The third-order valence-corrected chi connectivity index (χ3v) is 2.24. The Hall–Kier alpha value is -0.280. The fourth-order valence-electron chi connectivity index (χ4n) is 1.28. The molecule has 1 saturated heterocycles. The van der Waals surface area contributed by atoms with Crippen LogP contribution in [-0.4, -0.2) is 41.5 Å². The lowest BCUT2D eigenvalue weighted by atomic mass is 10.1. The molecular weight excluding hydrogens is 190 g/mol. The number of carboxylic acids is 1. The number of rotatable bonds is 2. The second-order valence-corrected chi connectivity index (χ2v) is 3.29. The number of carboxylic acid groups (broad SMARTS) is 1. The Morgan fingerprint density at radius 1 is 1.38 bits per heavy atom. The summed E-state index contributed by atoms with van der Waals surface area (Å²) < 4.78 is 0. The van der Waals surface area contributed by atoms with Crippen LogP contribution in [0.15, 0.2) is 0 Å². The Morgan fingerprint density at radius 3 is 2.08 bits per heavy atom. The number of hydrogen-bond donors (Lipinski definition) is 1. The maximum absolute atomic E-state index is 9.24. The second-order valence-electron chi connectivity index (χ2n) is 3.02. The van der Waals surface area contributed by atoms with Gasteiger partial charge in [0.05, 0.1) is 0 Å². The van der Waals surface area contributed by atoms with Crippen LogP contribution in [0, 0.1) is 0 Å². The lowest BCUT2D eigenvalue weighted by molar-refractivity contribution is -0.134. The molecular formula is C9H18ClNO2. The predicted molar refractivity (Wildman–Crippen MR) is 54.3 cm³/mol. The number of carbonyl (C=O) groups is 1. The minimum atomic E-state index is -0.980. The van der Waals surface area contributed by atoms with Gasteiger partial charge in [-0.3, -0.25) is 4.79 Å². The van der Waals surface area contributed by atoms with Crippen LogP contribution >= 0.6 is 11.6 Å². The van der Waals surface area contributed by atoms with E-state index in [9.17, 15) is 4.79 Å². The maximum atomic E-state index is 9.24. The number of nitrogens with zero attached hydrogens (tertiary/aromatic N) is 1. The molecule has 0 amide bonds. The molecule has 0 saturated carbocycles. The molecule has 1 heterocycles. The van der Waals surface area contributed by atoms with E-state index in [1.807, 2.05) is 0 Å². The molecule has 0 aromatic heterocycles. The summed E-state index contributed by atoms with van der Waals surface area (Å²) in [6.45, 7) is 6.18. The zero-order chi connectivity index (χ0) is 10.1. The summed E-state index contributed by atoms with van der Waals surface area (Å²) >= 11 is 4.74. The van der Waals surface area contributed by atoms with E-state index in [-0.39, 0.29) is 5.88 Å². The molecule has 1 rings (SSSR count). The summed E-state index contributed by atoms with van der Waals surface area (Å²) in [5.74, 6) is -1.29. The zero-order valence-electron chi connectivity index (χ0n) is 8.13. The molecule has 0 aromatic rings. The summed E-state index contributed by atoms with van der Waals surface area (Å²) in [4.78, 5) is 11.8. The molecule has 13 heavy (non-hydrogen) atoms. The Kier molecular flexibility index (Phi) is 8.14.